The molecule has 0 aliphatic carbocycles. The van der Waals surface area contributed by atoms with Crippen LogP contribution in [0.2, 0.25) is 5.02 Å². The van der Waals surface area contributed by atoms with E-state index in [1.165, 1.54) is 25.3 Å². The van der Waals surface area contributed by atoms with Gasteiger partial charge in [-0.05, 0) is 17.7 Å². The van der Waals surface area contributed by atoms with Gasteiger partial charge in [0, 0.05) is 0 Å². The maximum absolute atomic E-state index is 10.9. The van der Waals surface area contributed by atoms with Crippen LogP contribution in [0.1, 0.15) is 18.1 Å². The summed E-state index contributed by atoms with van der Waals surface area (Å²) in [5.41, 5.74) is 6.29. The van der Waals surface area contributed by atoms with Crippen molar-refractivity contribution in [3.05, 3.63) is 28.8 Å². The Morgan fingerprint density at radius 2 is 2.18 bits per heavy atom. The average Bonchev–Trinajstić information content (AvgIpc) is 2.31. The molecular weight excluding hydrogens is 246 g/mol. The van der Waals surface area contributed by atoms with Crippen molar-refractivity contribution >= 4 is 23.3 Å². The fourth-order valence-electron chi connectivity index (χ4n) is 1.32. The van der Waals surface area contributed by atoms with E-state index in [1.807, 2.05) is 0 Å². The lowest BCUT2D eigenvalue weighted by Crippen LogP contribution is -2.22. The van der Waals surface area contributed by atoms with Crippen molar-refractivity contribution < 1.29 is 19.7 Å². The second kappa shape index (κ2) is 5.86. The van der Waals surface area contributed by atoms with Gasteiger partial charge in [0.2, 0.25) is 0 Å². The first-order valence-corrected chi connectivity index (χ1v) is 5.31. The minimum atomic E-state index is -1.25. The van der Waals surface area contributed by atoms with Gasteiger partial charge >= 0.3 is 5.97 Å². The van der Waals surface area contributed by atoms with Crippen molar-refractivity contribution in [3.8, 4) is 0 Å². The molecule has 0 radical (unpaired) electrons. The molecule has 0 aliphatic heterocycles. The summed E-state index contributed by atoms with van der Waals surface area (Å²) in [4.78, 5) is 10.9. The van der Waals surface area contributed by atoms with Gasteiger partial charge in [0.25, 0.3) is 0 Å². The third-order valence-electron chi connectivity index (χ3n) is 2.33. The number of benzene rings is 1. The number of rotatable bonds is 4. The van der Waals surface area contributed by atoms with Crippen molar-refractivity contribution in [2.24, 2.45) is 0 Å². The Morgan fingerprint density at radius 1 is 1.53 bits per heavy atom. The maximum atomic E-state index is 10.9. The van der Waals surface area contributed by atoms with E-state index in [4.69, 9.17) is 17.3 Å². The number of aliphatic hydroxyl groups is 2. The monoisotopic (exact) mass is 259 g/mol. The third kappa shape index (κ3) is 3.59. The van der Waals surface area contributed by atoms with Crippen LogP contribution in [0.5, 0.6) is 0 Å². The molecule has 4 N–H and O–H groups in total. The molecule has 0 saturated heterocycles. The zero-order chi connectivity index (χ0) is 13.0. The fraction of sp³-hybridized carbons (Fsp3) is 0.364. The standard InChI is InChI=1S/C11H14ClNO4/c1-17-10(15)5-9(14)11(16)6-2-3-8(13)7(12)4-6/h2-4,9,11,14,16H,5,13H2,1H3. The molecule has 0 amide bonds. The van der Waals surface area contributed by atoms with Gasteiger partial charge in [0.15, 0.2) is 0 Å². The number of esters is 1. The number of aliphatic hydroxyl groups excluding tert-OH is 2. The molecule has 0 saturated carbocycles. The average molecular weight is 260 g/mol. The van der Waals surface area contributed by atoms with Gasteiger partial charge in [0.05, 0.1) is 30.3 Å². The second-order valence-corrected chi connectivity index (χ2v) is 3.98. The molecule has 1 aromatic rings. The fourth-order valence-corrected chi connectivity index (χ4v) is 1.50. The third-order valence-corrected chi connectivity index (χ3v) is 2.66. The van der Waals surface area contributed by atoms with Crippen LogP contribution in [0.15, 0.2) is 18.2 Å². The molecule has 0 fully saturated rings. The lowest BCUT2D eigenvalue weighted by molar-refractivity contribution is -0.144. The van der Waals surface area contributed by atoms with Crippen LogP contribution in [0, 0.1) is 0 Å². The highest BCUT2D eigenvalue weighted by molar-refractivity contribution is 6.33. The second-order valence-electron chi connectivity index (χ2n) is 3.57. The van der Waals surface area contributed by atoms with Gasteiger partial charge in [0.1, 0.15) is 6.10 Å². The number of anilines is 1. The lowest BCUT2D eigenvalue weighted by Gasteiger charge is -2.17. The van der Waals surface area contributed by atoms with Gasteiger partial charge in [-0.25, -0.2) is 0 Å². The summed E-state index contributed by atoms with van der Waals surface area (Å²) in [6, 6.07) is 4.50. The summed E-state index contributed by atoms with van der Waals surface area (Å²) in [6.45, 7) is 0. The highest BCUT2D eigenvalue weighted by Gasteiger charge is 2.22. The molecule has 0 heterocycles. The Labute approximate surface area is 104 Å². The molecule has 94 valence electrons. The van der Waals surface area contributed by atoms with E-state index < -0.39 is 18.2 Å². The Kier molecular flexibility index (Phi) is 4.74. The van der Waals surface area contributed by atoms with Gasteiger partial charge < -0.3 is 20.7 Å². The minimum Gasteiger partial charge on any atom is -0.469 e. The highest BCUT2D eigenvalue weighted by Crippen LogP contribution is 2.26. The summed E-state index contributed by atoms with van der Waals surface area (Å²) in [7, 11) is 1.21. The molecule has 2 unspecified atom stereocenters. The van der Waals surface area contributed by atoms with Gasteiger partial charge in [-0.1, -0.05) is 17.7 Å². The number of halogens is 1. The van der Waals surface area contributed by atoms with Crippen LogP contribution in [0.3, 0.4) is 0 Å². The normalized spacial score (nSPS) is 14.1. The summed E-state index contributed by atoms with van der Waals surface area (Å²) in [5.74, 6) is -0.599. The Hall–Kier alpha value is -1.30. The Balaban J connectivity index is 2.77. The number of nitrogen functional groups attached to an aromatic ring is 1. The molecular formula is C11H14ClNO4. The van der Waals surface area contributed by atoms with Crippen molar-refractivity contribution in [2.45, 2.75) is 18.6 Å². The molecule has 0 aromatic heterocycles. The van der Waals surface area contributed by atoms with Crippen LogP contribution in [-0.2, 0) is 9.53 Å². The van der Waals surface area contributed by atoms with Gasteiger partial charge in [-0.2, -0.15) is 0 Å². The SMILES string of the molecule is COC(=O)CC(O)C(O)c1ccc(N)c(Cl)c1. The number of carbonyl (C=O) groups excluding carboxylic acids is 1. The lowest BCUT2D eigenvalue weighted by atomic mass is 10.0. The van der Waals surface area contributed by atoms with E-state index in [0.717, 1.165) is 0 Å². The summed E-state index contributed by atoms with van der Waals surface area (Å²) in [6.07, 6.45) is -2.76. The smallest absolute Gasteiger partial charge is 0.308 e. The van der Waals surface area contributed by atoms with E-state index in [0.29, 0.717) is 11.3 Å². The Morgan fingerprint density at radius 3 is 2.71 bits per heavy atom. The number of methoxy groups -OCH3 is 1. The molecule has 1 rings (SSSR count). The van der Waals surface area contributed by atoms with Gasteiger partial charge in [-0.15, -0.1) is 0 Å². The summed E-state index contributed by atoms with van der Waals surface area (Å²) < 4.78 is 4.39. The molecule has 1 aromatic carbocycles. The quantitative estimate of drug-likeness (QED) is 0.551. The number of carbonyl (C=O) groups is 1. The maximum Gasteiger partial charge on any atom is 0.308 e. The van der Waals surface area contributed by atoms with Crippen molar-refractivity contribution in [1.82, 2.24) is 0 Å². The number of hydrogen-bond donors (Lipinski definition) is 3. The number of hydrogen-bond acceptors (Lipinski definition) is 5. The van der Waals surface area contributed by atoms with Crippen LogP contribution in [0.25, 0.3) is 0 Å². The van der Waals surface area contributed by atoms with E-state index in [-0.39, 0.29) is 11.4 Å². The molecule has 5 nitrogen and oxygen atoms in total. The first kappa shape index (κ1) is 13.8. The summed E-state index contributed by atoms with van der Waals surface area (Å²) >= 11 is 5.79. The van der Waals surface area contributed by atoms with E-state index in [2.05, 4.69) is 4.74 Å². The van der Waals surface area contributed by atoms with Crippen LogP contribution < -0.4 is 5.73 Å². The zero-order valence-electron chi connectivity index (χ0n) is 9.26. The van der Waals surface area contributed by atoms with Crippen LogP contribution >= 0.6 is 11.6 Å². The van der Waals surface area contributed by atoms with E-state index in [9.17, 15) is 15.0 Å². The van der Waals surface area contributed by atoms with Gasteiger partial charge in [-0.3, -0.25) is 4.79 Å². The predicted octanol–water partition coefficient (Wildman–Crippen LogP) is 0.880. The highest BCUT2D eigenvalue weighted by atomic mass is 35.5. The van der Waals surface area contributed by atoms with E-state index in [1.54, 1.807) is 0 Å². The molecule has 6 heteroatoms. The zero-order valence-corrected chi connectivity index (χ0v) is 10.0. The topological polar surface area (TPSA) is 92.8 Å². The van der Waals surface area contributed by atoms with Crippen molar-refractivity contribution in [2.75, 3.05) is 12.8 Å². The van der Waals surface area contributed by atoms with E-state index >= 15 is 0 Å². The summed E-state index contributed by atoms with van der Waals surface area (Å²) in [5, 5.41) is 19.7. The Bertz CT molecular complexity index is 410. The first-order chi connectivity index (χ1) is 7.95. The molecule has 2 atom stereocenters. The number of ether oxygens (including phenoxy) is 1. The number of nitrogens with two attached hydrogens (primary N) is 1. The molecule has 17 heavy (non-hydrogen) atoms. The minimum absolute atomic E-state index is 0.284. The van der Waals surface area contributed by atoms with Crippen molar-refractivity contribution in [1.29, 1.82) is 0 Å². The molecule has 0 spiro atoms. The first-order valence-electron chi connectivity index (χ1n) is 4.93. The van der Waals surface area contributed by atoms with Crippen LogP contribution in [0.4, 0.5) is 5.69 Å². The largest absolute Gasteiger partial charge is 0.469 e. The molecule has 0 aliphatic rings. The predicted molar refractivity (Wildman–Crippen MR) is 63.5 cm³/mol. The van der Waals surface area contributed by atoms with Crippen molar-refractivity contribution in [3.63, 3.8) is 0 Å². The molecule has 0 bridgehead atoms. The van der Waals surface area contributed by atoms with Crippen LogP contribution in [-0.4, -0.2) is 29.4 Å².